The van der Waals surface area contributed by atoms with Gasteiger partial charge in [-0.2, -0.15) is 0 Å². The topological polar surface area (TPSA) is 46.0 Å². The summed E-state index contributed by atoms with van der Waals surface area (Å²) in [6, 6.07) is 3.54. The minimum Gasteiger partial charge on any atom is -0.463 e. The predicted molar refractivity (Wildman–Crippen MR) is 53.0 cm³/mol. The van der Waals surface area contributed by atoms with E-state index in [-0.39, 0.29) is 5.12 Å². The van der Waals surface area contributed by atoms with E-state index < -0.39 is 0 Å². The Morgan fingerprint density at radius 2 is 2.54 bits per heavy atom. The van der Waals surface area contributed by atoms with Crippen molar-refractivity contribution < 1.29 is 9.21 Å². The van der Waals surface area contributed by atoms with Gasteiger partial charge in [0.25, 0.3) is 0 Å². The van der Waals surface area contributed by atoms with Gasteiger partial charge in [0.1, 0.15) is 0 Å². The third-order valence-corrected chi connectivity index (χ3v) is 2.51. The van der Waals surface area contributed by atoms with Crippen LogP contribution in [0.2, 0.25) is 0 Å². The number of aromatic amines is 1. The van der Waals surface area contributed by atoms with Gasteiger partial charge in [-0.3, -0.25) is 4.79 Å². The molecule has 0 aliphatic heterocycles. The van der Waals surface area contributed by atoms with Crippen LogP contribution >= 0.6 is 11.8 Å². The monoisotopic (exact) mass is 195 g/mol. The first kappa shape index (κ1) is 8.44. The van der Waals surface area contributed by atoms with Gasteiger partial charge in [-0.1, -0.05) is 18.7 Å². The van der Waals surface area contributed by atoms with Gasteiger partial charge in [0.05, 0.1) is 17.5 Å². The Hall–Kier alpha value is -1.16. The van der Waals surface area contributed by atoms with Crippen molar-refractivity contribution in [1.29, 1.82) is 0 Å². The van der Waals surface area contributed by atoms with E-state index in [1.165, 1.54) is 11.8 Å². The molecule has 2 rings (SSSR count). The fraction of sp³-hybridized carbons (Fsp3) is 0.222. The second-order valence-electron chi connectivity index (χ2n) is 2.60. The Kier molecular flexibility index (Phi) is 2.14. The summed E-state index contributed by atoms with van der Waals surface area (Å²) in [5, 5.41) is 0.0638. The molecule has 0 aliphatic rings. The zero-order chi connectivity index (χ0) is 9.26. The van der Waals surface area contributed by atoms with Crippen LogP contribution < -0.4 is 0 Å². The number of thioether (sulfide) groups is 1. The van der Waals surface area contributed by atoms with Gasteiger partial charge in [0, 0.05) is 12.1 Å². The van der Waals surface area contributed by atoms with E-state index in [4.69, 9.17) is 4.42 Å². The van der Waals surface area contributed by atoms with Crippen LogP contribution in [-0.2, 0) is 0 Å². The highest BCUT2D eigenvalue weighted by atomic mass is 32.2. The zero-order valence-corrected chi connectivity index (χ0v) is 7.98. The zero-order valence-electron chi connectivity index (χ0n) is 7.16. The van der Waals surface area contributed by atoms with Gasteiger partial charge in [0.2, 0.25) is 5.12 Å². The second kappa shape index (κ2) is 3.30. The number of carbonyl (C=O) groups is 1. The minimum atomic E-state index is 0.0638. The standard InChI is InChI=1S/C9H9NO2S/c1-2-13-9(11)7-5-8-6(10-7)3-4-12-8/h3-5,10H,2H2,1H3. The molecule has 0 amide bonds. The average molecular weight is 195 g/mol. The Morgan fingerprint density at radius 1 is 1.69 bits per heavy atom. The lowest BCUT2D eigenvalue weighted by atomic mass is 10.4. The van der Waals surface area contributed by atoms with Crippen molar-refractivity contribution in [2.45, 2.75) is 6.92 Å². The molecule has 4 heteroatoms. The fourth-order valence-corrected chi connectivity index (χ4v) is 1.69. The molecule has 1 N–H and O–H groups in total. The lowest BCUT2D eigenvalue weighted by molar-refractivity contribution is 0.108. The molecule has 2 heterocycles. The summed E-state index contributed by atoms with van der Waals surface area (Å²) >= 11 is 1.29. The highest BCUT2D eigenvalue weighted by molar-refractivity contribution is 8.14. The molecule has 0 saturated heterocycles. The molecule has 3 nitrogen and oxygen atoms in total. The summed E-state index contributed by atoms with van der Waals surface area (Å²) in [4.78, 5) is 14.4. The molecule has 0 fully saturated rings. The Morgan fingerprint density at radius 3 is 3.23 bits per heavy atom. The molecule has 0 aliphatic carbocycles. The molecule has 68 valence electrons. The van der Waals surface area contributed by atoms with E-state index in [1.807, 2.05) is 13.0 Å². The van der Waals surface area contributed by atoms with Crippen LogP contribution in [0.3, 0.4) is 0 Å². The summed E-state index contributed by atoms with van der Waals surface area (Å²) in [7, 11) is 0. The van der Waals surface area contributed by atoms with E-state index in [0.717, 1.165) is 16.9 Å². The van der Waals surface area contributed by atoms with Gasteiger partial charge < -0.3 is 9.40 Å². The summed E-state index contributed by atoms with van der Waals surface area (Å²) in [6.07, 6.45) is 1.60. The van der Waals surface area contributed by atoms with E-state index in [9.17, 15) is 4.79 Å². The molecule has 13 heavy (non-hydrogen) atoms. The van der Waals surface area contributed by atoms with Crippen LogP contribution in [0, 0.1) is 0 Å². The number of furan rings is 1. The third-order valence-electron chi connectivity index (χ3n) is 1.74. The summed E-state index contributed by atoms with van der Waals surface area (Å²) < 4.78 is 5.13. The maximum atomic E-state index is 11.4. The van der Waals surface area contributed by atoms with E-state index in [1.54, 1.807) is 12.3 Å². The van der Waals surface area contributed by atoms with Crippen molar-refractivity contribution in [3.63, 3.8) is 0 Å². The van der Waals surface area contributed by atoms with Gasteiger partial charge >= 0.3 is 0 Å². The first-order valence-corrected chi connectivity index (χ1v) is 5.03. The molecule has 0 aromatic carbocycles. The normalized spacial score (nSPS) is 10.8. The predicted octanol–water partition coefficient (Wildman–Crippen LogP) is 2.65. The Bertz CT molecular complexity index is 401. The Labute approximate surface area is 79.5 Å². The third kappa shape index (κ3) is 1.49. The maximum Gasteiger partial charge on any atom is 0.235 e. The second-order valence-corrected chi connectivity index (χ2v) is 3.84. The van der Waals surface area contributed by atoms with Crippen LogP contribution in [0.4, 0.5) is 0 Å². The van der Waals surface area contributed by atoms with Gasteiger partial charge in [0.15, 0.2) is 5.58 Å². The smallest absolute Gasteiger partial charge is 0.235 e. The number of rotatable bonds is 2. The SMILES string of the molecule is CCSC(=O)c1cc2occc2[nH]1. The first-order valence-electron chi connectivity index (χ1n) is 4.04. The van der Waals surface area contributed by atoms with Gasteiger partial charge in [-0.25, -0.2) is 0 Å². The molecule has 2 aromatic rings. The number of fused-ring (bicyclic) bond motifs is 1. The van der Waals surface area contributed by atoms with Crippen LogP contribution in [0.5, 0.6) is 0 Å². The molecule has 0 saturated carbocycles. The molecule has 0 bridgehead atoms. The first-order chi connectivity index (χ1) is 6.31. The van der Waals surface area contributed by atoms with E-state index in [0.29, 0.717) is 5.69 Å². The fourth-order valence-electron chi connectivity index (χ4n) is 1.17. The number of hydrogen-bond acceptors (Lipinski definition) is 3. The number of aromatic nitrogens is 1. The number of carbonyl (C=O) groups excluding carboxylic acids is 1. The highest BCUT2D eigenvalue weighted by Crippen LogP contribution is 2.19. The molecule has 0 spiro atoms. The average Bonchev–Trinajstić information content (AvgIpc) is 2.61. The number of H-pyrrole nitrogens is 1. The molecule has 0 unspecified atom stereocenters. The van der Waals surface area contributed by atoms with Crippen molar-refractivity contribution in [2.24, 2.45) is 0 Å². The quantitative estimate of drug-likeness (QED) is 0.801. The number of hydrogen-bond donors (Lipinski definition) is 1. The molecule has 2 aromatic heterocycles. The van der Waals surface area contributed by atoms with Crippen molar-refractivity contribution in [3.8, 4) is 0 Å². The maximum absolute atomic E-state index is 11.4. The minimum absolute atomic E-state index is 0.0638. The molecule has 0 radical (unpaired) electrons. The van der Waals surface area contributed by atoms with Crippen LogP contribution in [0.1, 0.15) is 17.4 Å². The van der Waals surface area contributed by atoms with Crippen LogP contribution in [0.15, 0.2) is 22.8 Å². The summed E-state index contributed by atoms with van der Waals surface area (Å²) in [6.45, 7) is 1.95. The molecular formula is C9H9NO2S. The van der Waals surface area contributed by atoms with Crippen molar-refractivity contribution >= 4 is 28.0 Å². The van der Waals surface area contributed by atoms with Crippen LogP contribution in [-0.4, -0.2) is 15.9 Å². The van der Waals surface area contributed by atoms with Crippen molar-refractivity contribution in [1.82, 2.24) is 4.98 Å². The Balaban J connectivity index is 2.34. The van der Waals surface area contributed by atoms with Crippen LogP contribution in [0.25, 0.3) is 11.1 Å². The van der Waals surface area contributed by atoms with Crippen molar-refractivity contribution in [2.75, 3.05) is 5.75 Å². The highest BCUT2D eigenvalue weighted by Gasteiger charge is 2.10. The molecular weight excluding hydrogens is 186 g/mol. The van der Waals surface area contributed by atoms with Gasteiger partial charge in [-0.15, -0.1) is 0 Å². The summed E-state index contributed by atoms with van der Waals surface area (Å²) in [5.74, 6) is 0.791. The largest absolute Gasteiger partial charge is 0.463 e. The lowest BCUT2D eigenvalue weighted by Crippen LogP contribution is -1.93. The molecule has 0 atom stereocenters. The lowest BCUT2D eigenvalue weighted by Gasteiger charge is -1.91. The summed E-state index contributed by atoms with van der Waals surface area (Å²) in [5.41, 5.74) is 2.22. The van der Waals surface area contributed by atoms with Gasteiger partial charge in [-0.05, 0) is 5.75 Å². The van der Waals surface area contributed by atoms with E-state index >= 15 is 0 Å². The van der Waals surface area contributed by atoms with E-state index in [2.05, 4.69) is 4.98 Å². The van der Waals surface area contributed by atoms with Crippen molar-refractivity contribution in [3.05, 3.63) is 24.1 Å². The number of nitrogens with one attached hydrogen (secondary N) is 1.